The van der Waals surface area contributed by atoms with Gasteiger partial charge in [-0.2, -0.15) is 26.3 Å². The van der Waals surface area contributed by atoms with Crippen molar-refractivity contribution in [2.24, 2.45) is 0 Å². The topological polar surface area (TPSA) is 38.3 Å². The summed E-state index contributed by atoms with van der Waals surface area (Å²) in [6, 6.07) is 2.03. The number of alkyl halides is 6. The summed E-state index contributed by atoms with van der Waals surface area (Å²) < 4.78 is 80.4. The number of halogens is 6. The fraction of sp³-hybridized carbons (Fsp3) is 0.364. The maximum absolute atomic E-state index is 12.8. The molecule has 1 aromatic carbocycles. The molecule has 0 bridgehead atoms. The molecule has 0 spiro atoms. The predicted octanol–water partition coefficient (Wildman–Crippen LogP) is 3.58. The molecular weight excluding hydrogens is 292 g/mol. The van der Waals surface area contributed by atoms with Crippen molar-refractivity contribution >= 4 is 6.09 Å². The molecule has 1 aromatic rings. The van der Waals surface area contributed by atoms with Crippen molar-refractivity contribution in [3.05, 3.63) is 34.9 Å². The predicted molar refractivity (Wildman–Crippen MR) is 55.7 cm³/mol. The molecule has 112 valence electrons. The number of methoxy groups -OCH3 is 1. The highest BCUT2D eigenvalue weighted by Gasteiger charge is 2.44. The molecule has 0 heterocycles. The number of carbonyl (C=O) groups is 1. The Labute approximate surface area is 109 Å². The number of rotatable bonds is 2. The molecule has 0 fully saturated rings. The van der Waals surface area contributed by atoms with Gasteiger partial charge < -0.3 is 10.1 Å². The van der Waals surface area contributed by atoms with Crippen LogP contribution in [0.1, 0.15) is 16.7 Å². The van der Waals surface area contributed by atoms with Gasteiger partial charge in [0.15, 0.2) is 0 Å². The van der Waals surface area contributed by atoms with Crippen molar-refractivity contribution in [1.29, 1.82) is 0 Å². The van der Waals surface area contributed by atoms with Crippen LogP contribution in [-0.4, -0.2) is 13.2 Å². The molecule has 0 saturated heterocycles. The standard InChI is InChI=1S/C11H9F6NO2/c1-20-9(19)18-5-6-3-2-4-7(10(12,13)14)8(6)11(15,16)17/h2-4H,5H2,1H3,(H,18,19). The van der Waals surface area contributed by atoms with E-state index in [2.05, 4.69) is 4.74 Å². The fourth-order valence-corrected chi connectivity index (χ4v) is 1.56. The van der Waals surface area contributed by atoms with Crippen LogP contribution >= 0.6 is 0 Å². The van der Waals surface area contributed by atoms with Gasteiger partial charge in [-0.15, -0.1) is 0 Å². The van der Waals surface area contributed by atoms with Crippen LogP contribution in [0.4, 0.5) is 31.1 Å². The molecule has 0 aromatic heterocycles. The summed E-state index contributed by atoms with van der Waals surface area (Å²) >= 11 is 0. The van der Waals surface area contributed by atoms with Crippen LogP contribution in [0, 0.1) is 0 Å². The van der Waals surface area contributed by atoms with E-state index in [1.807, 2.05) is 5.32 Å². The monoisotopic (exact) mass is 301 g/mol. The summed E-state index contributed by atoms with van der Waals surface area (Å²) in [5.41, 5.74) is -4.31. The van der Waals surface area contributed by atoms with Gasteiger partial charge in [-0.3, -0.25) is 0 Å². The van der Waals surface area contributed by atoms with Gasteiger partial charge in [0, 0.05) is 6.54 Å². The van der Waals surface area contributed by atoms with Gasteiger partial charge in [0.2, 0.25) is 0 Å². The molecule has 1 rings (SSSR count). The third kappa shape index (κ3) is 3.78. The molecule has 1 amide bonds. The maximum Gasteiger partial charge on any atom is 0.417 e. The molecule has 20 heavy (non-hydrogen) atoms. The van der Waals surface area contributed by atoms with Gasteiger partial charge in [0.25, 0.3) is 0 Å². The van der Waals surface area contributed by atoms with E-state index in [-0.39, 0.29) is 0 Å². The number of amides is 1. The average Bonchev–Trinajstić information content (AvgIpc) is 2.33. The van der Waals surface area contributed by atoms with E-state index in [9.17, 15) is 31.1 Å². The molecule has 0 unspecified atom stereocenters. The number of alkyl carbamates (subject to hydrolysis) is 1. The fourth-order valence-electron chi connectivity index (χ4n) is 1.56. The number of carbonyl (C=O) groups excluding carboxylic acids is 1. The first kappa shape index (κ1) is 16.1. The van der Waals surface area contributed by atoms with Crippen LogP contribution in [0.5, 0.6) is 0 Å². The lowest BCUT2D eigenvalue weighted by atomic mass is 10.00. The van der Waals surface area contributed by atoms with Gasteiger partial charge in [0.05, 0.1) is 18.2 Å². The highest BCUT2D eigenvalue weighted by Crippen LogP contribution is 2.41. The number of nitrogens with one attached hydrogen (secondary N) is 1. The molecule has 1 N–H and O–H groups in total. The second-order valence-electron chi connectivity index (χ2n) is 3.68. The smallest absolute Gasteiger partial charge is 0.417 e. The molecule has 0 atom stereocenters. The normalized spacial score (nSPS) is 12.2. The van der Waals surface area contributed by atoms with Crippen LogP contribution in [-0.2, 0) is 23.6 Å². The zero-order chi connectivity index (χ0) is 15.6. The zero-order valence-corrected chi connectivity index (χ0v) is 10.0. The second kappa shape index (κ2) is 5.59. The Morgan fingerprint density at radius 2 is 1.75 bits per heavy atom. The molecule has 3 nitrogen and oxygen atoms in total. The molecule has 0 aliphatic carbocycles. The highest BCUT2D eigenvalue weighted by molar-refractivity contribution is 5.67. The summed E-state index contributed by atoms with van der Waals surface area (Å²) in [5, 5.41) is 1.91. The quantitative estimate of drug-likeness (QED) is 0.848. The number of ether oxygens (including phenoxy) is 1. The lowest BCUT2D eigenvalue weighted by Gasteiger charge is -2.19. The van der Waals surface area contributed by atoms with Crippen molar-refractivity contribution in [3.8, 4) is 0 Å². The second-order valence-corrected chi connectivity index (χ2v) is 3.68. The Hall–Kier alpha value is -1.93. The van der Waals surface area contributed by atoms with E-state index in [0.29, 0.717) is 6.07 Å². The van der Waals surface area contributed by atoms with Gasteiger partial charge in [-0.05, 0) is 11.6 Å². The van der Waals surface area contributed by atoms with Gasteiger partial charge in [-0.25, -0.2) is 4.79 Å². The Kier molecular flexibility index (Phi) is 4.51. The lowest BCUT2D eigenvalue weighted by Crippen LogP contribution is -2.26. The first-order chi connectivity index (χ1) is 9.07. The van der Waals surface area contributed by atoms with Crippen LogP contribution in [0.3, 0.4) is 0 Å². The minimum absolute atomic E-state index is 0.338. The number of benzene rings is 1. The van der Waals surface area contributed by atoms with Crippen molar-refractivity contribution in [2.45, 2.75) is 18.9 Å². The van der Waals surface area contributed by atoms with E-state index < -0.39 is 41.7 Å². The molecule has 0 aliphatic rings. The lowest BCUT2D eigenvalue weighted by molar-refractivity contribution is -0.162. The molecule has 9 heteroatoms. The molecule has 0 aliphatic heterocycles. The van der Waals surface area contributed by atoms with Crippen molar-refractivity contribution in [2.75, 3.05) is 7.11 Å². The van der Waals surface area contributed by atoms with Gasteiger partial charge >= 0.3 is 18.4 Å². The minimum atomic E-state index is -5.20. The molecule has 0 radical (unpaired) electrons. The van der Waals surface area contributed by atoms with Gasteiger partial charge in [-0.1, -0.05) is 12.1 Å². The average molecular weight is 301 g/mol. The maximum atomic E-state index is 12.8. The van der Waals surface area contributed by atoms with E-state index >= 15 is 0 Å². The van der Waals surface area contributed by atoms with E-state index in [4.69, 9.17) is 0 Å². The van der Waals surface area contributed by atoms with Gasteiger partial charge in [0.1, 0.15) is 0 Å². The first-order valence-corrected chi connectivity index (χ1v) is 5.15. The van der Waals surface area contributed by atoms with Crippen LogP contribution in [0.15, 0.2) is 18.2 Å². The van der Waals surface area contributed by atoms with Crippen molar-refractivity contribution < 1.29 is 35.9 Å². The highest BCUT2D eigenvalue weighted by atomic mass is 19.4. The summed E-state index contributed by atoms with van der Waals surface area (Å²) in [6.45, 7) is -0.731. The first-order valence-electron chi connectivity index (χ1n) is 5.15. The summed E-state index contributed by atoms with van der Waals surface area (Å²) in [6.07, 6.45) is -11.4. The van der Waals surface area contributed by atoms with E-state index in [1.165, 1.54) is 0 Å². The Bertz CT molecular complexity index is 495. The number of hydrogen-bond donors (Lipinski definition) is 1. The SMILES string of the molecule is COC(=O)NCc1cccc(C(F)(F)F)c1C(F)(F)F. The summed E-state index contributed by atoms with van der Waals surface area (Å²) in [5.74, 6) is 0. The number of hydrogen-bond acceptors (Lipinski definition) is 2. The third-order valence-corrected chi connectivity index (χ3v) is 2.35. The third-order valence-electron chi connectivity index (χ3n) is 2.35. The Balaban J connectivity index is 3.27. The molecule has 0 saturated carbocycles. The van der Waals surface area contributed by atoms with Crippen LogP contribution in [0.2, 0.25) is 0 Å². The van der Waals surface area contributed by atoms with E-state index in [1.54, 1.807) is 0 Å². The largest absolute Gasteiger partial charge is 0.453 e. The summed E-state index contributed by atoms with van der Waals surface area (Å²) in [4.78, 5) is 10.8. The van der Waals surface area contributed by atoms with Crippen molar-refractivity contribution in [3.63, 3.8) is 0 Å². The van der Waals surface area contributed by atoms with E-state index in [0.717, 1.165) is 19.2 Å². The van der Waals surface area contributed by atoms with Crippen LogP contribution < -0.4 is 5.32 Å². The summed E-state index contributed by atoms with van der Waals surface area (Å²) in [7, 11) is 0.978. The zero-order valence-electron chi connectivity index (χ0n) is 10.0. The van der Waals surface area contributed by atoms with Crippen molar-refractivity contribution in [1.82, 2.24) is 5.32 Å². The Morgan fingerprint density at radius 3 is 2.20 bits per heavy atom. The molecular formula is C11H9F6NO2. The minimum Gasteiger partial charge on any atom is -0.453 e. The Morgan fingerprint density at radius 1 is 1.15 bits per heavy atom. The van der Waals surface area contributed by atoms with Crippen LogP contribution in [0.25, 0.3) is 0 Å².